The Kier molecular flexibility index (Phi) is 4.21. The van der Waals surface area contributed by atoms with Crippen LogP contribution in [0.5, 0.6) is 0 Å². The predicted octanol–water partition coefficient (Wildman–Crippen LogP) is 1.10. The third-order valence-corrected chi connectivity index (χ3v) is 4.29. The number of ether oxygens (including phenoxy) is 1. The van der Waals surface area contributed by atoms with E-state index >= 15 is 0 Å². The van der Waals surface area contributed by atoms with Gasteiger partial charge in [-0.05, 0) is 25.0 Å². The van der Waals surface area contributed by atoms with Gasteiger partial charge in [-0.1, -0.05) is 17.3 Å². The Morgan fingerprint density at radius 2 is 2.19 bits per heavy atom. The summed E-state index contributed by atoms with van der Waals surface area (Å²) < 4.78 is 12.1. The molecule has 1 aliphatic rings. The van der Waals surface area contributed by atoms with E-state index < -0.39 is 11.5 Å². The number of carbonyl (C=O) groups is 1. The summed E-state index contributed by atoms with van der Waals surface area (Å²) in [7, 11) is 1.61. The Morgan fingerprint density at radius 3 is 3.00 bits per heavy atom. The summed E-state index contributed by atoms with van der Waals surface area (Å²) >= 11 is 0. The fourth-order valence-electron chi connectivity index (χ4n) is 2.91. The van der Waals surface area contributed by atoms with Crippen LogP contribution in [0.25, 0.3) is 11.0 Å². The van der Waals surface area contributed by atoms with Crippen molar-refractivity contribution >= 4 is 16.9 Å². The zero-order chi connectivity index (χ0) is 18.1. The summed E-state index contributed by atoms with van der Waals surface area (Å²) in [4.78, 5) is 33.2. The van der Waals surface area contributed by atoms with E-state index in [0.717, 1.165) is 12.8 Å². The van der Waals surface area contributed by atoms with Crippen molar-refractivity contribution in [1.29, 1.82) is 0 Å². The van der Waals surface area contributed by atoms with Gasteiger partial charge in [-0.25, -0.2) is 4.98 Å². The van der Waals surface area contributed by atoms with Gasteiger partial charge < -0.3 is 19.1 Å². The minimum atomic E-state index is -0.584. The van der Waals surface area contributed by atoms with Gasteiger partial charge in [0.2, 0.25) is 0 Å². The highest BCUT2D eigenvalue weighted by molar-refractivity contribution is 5.93. The molecule has 0 radical (unpaired) electrons. The van der Waals surface area contributed by atoms with Crippen LogP contribution in [0, 0.1) is 0 Å². The average molecular weight is 355 g/mol. The molecular formula is C17H17N5O4. The monoisotopic (exact) mass is 355 g/mol. The van der Waals surface area contributed by atoms with E-state index in [4.69, 9.17) is 9.26 Å². The molecule has 1 atom stereocenters. The molecule has 1 aromatic carbocycles. The summed E-state index contributed by atoms with van der Waals surface area (Å²) in [6.45, 7) is 0.711. The van der Waals surface area contributed by atoms with Gasteiger partial charge in [0.25, 0.3) is 17.4 Å². The van der Waals surface area contributed by atoms with Gasteiger partial charge in [0.05, 0.1) is 17.6 Å². The lowest BCUT2D eigenvalue weighted by Crippen LogP contribution is -2.33. The second kappa shape index (κ2) is 6.68. The number of benzene rings is 1. The number of fused-ring (bicyclic) bond motifs is 1. The Balaban J connectivity index is 1.51. The molecule has 0 saturated carbocycles. The third-order valence-electron chi connectivity index (χ3n) is 4.29. The smallest absolute Gasteiger partial charge is 0.282 e. The lowest BCUT2D eigenvalue weighted by atomic mass is 10.2. The van der Waals surface area contributed by atoms with Crippen LogP contribution in [0.15, 0.2) is 33.6 Å². The molecule has 0 spiro atoms. The second-order valence-electron chi connectivity index (χ2n) is 6.05. The number of rotatable bonds is 4. The minimum Gasteiger partial charge on any atom is -0.368 e. The van der Waals surface area contributed by atoms with Crippen molar-refractivity contribution in [2.75, 3.05) is 6.61 Å². The highest BCUT2D eigenvalue weighted by atomic mass is 16.5. The maximum atomic E-state index is 12.4. The molecule has 1 fully saturated rings. The van der Waals surface area contributed by atoms with Crippen LogP contribution in [0.1, 0.15) is 41.1 Å². The molecule has 1 N–H and O–H groups in total. The van der Waals surface area contributed by atoms with E-state index in [0.29, 0.717) is 29.4 Å². The molecule has 1 aliphatic heterocycles. The molecule has 1 amide bonds. The molecule has 3 aromatic rings. The second-order valence-corrected chi connectivity index (χ2v) is 6.05. The van der Waals surface area contributed by atoms with Crippen molar-refractivity contribution < 1.29 is 14.1 Å². The number of aryl methyl sites for hydroxylation is 1. The highest BCUT2D eigenvalue weighted by Crippen LogP contribution is 2.26. The number of carbonyl (C=O) groups excluding carboxylic acids is 1. The van der Waals surface area contributed by atoms with E-state index in [-0.39, 0.29) is 18.3 Å². The first-order valence-corrected chi connectivity index (χ1v) is 8.31. The standard InChI is InChI=1S/C17H17N5O4/c1-22-11-6-3-2-5-10(11)19-14(17(22)24)15(23)18-9-13-20-16(26-21-13)12-7-4-8-25-12/h2-3,5-6,12H,4,7-9H2,1H3,(H,18,23)/t12-/m0/s1. The molecule has 9 heteroatoms. The van der Waals surface area contributed by atoms with Crippen LogP contribution >= 0.6 is 0 Å². The summed E-state index contributed by atoms with van der Waals surface area (Å²) in [6.07, 6.45) is 1.61. The number of para-hydroxylation sites is 2. The molecule has 26 heavy (non-hydrogen) atoms. The summed E-state index contributed by atoms with van der Waals surface area (Å²) in [6, 6.07) is 7.13. The zero-order valence-corrected chi connectivity index (χ0v) is 14.1. The molecule has 134 valence electrons. The van der Waals surface area contributed by atoms with E-state index in [1.54, 1.807) is 25.2 Å². The first-order valence-electron chi connectivity index (χ1n) is 8.31. The highest BCUT2D eigenvalue weighted by Gasteiger charge is 2.24. The van der Waals surface area contributed by atoms with Crippen LogP contribution in [-0.4, -0.2) is 32.2 Å². The van der Waals surface area contributed by atoms with Crippen LogP contribution in [-0.2, 0) is 18.3 Å². The van der Waals surface area contributed by atoms with Crippen molar-refractivity contribution in [3.63, 3.8) is 0 Å². The lowest BCUT2D eigenvalue weighted by molar-refractivity contribution is 0.0835. The number of amides is 1. The number of hydrogen-bond acceptors (Lipinski definition) is 7. The van der Waals surface area contributed by atoms with Crippen LogP contribution in [0.4, 0.5) is 0 Å². The van der Waals surface area contributed by atoms with E-state index in [2.05, 4.69) is 20.4 Å². The molecule has 0 aliphatic carbocycles. The maximum Gasteiger partial charge on any atom is 0.282 e. The van der Waals surface area contributed by atoms with E-state index in [1.807, 2.05) is 6.07 Å². The quantitative estimate of drug-likeness (QED) is 0.745. The van der Waals surface area contributed by atoms with E-state index in [1.165, 1.54) is 4.57 Å². The molecular weight excluding hydrogens is 338 g/mol. The largest absolute Gasteiger partial charge is 0.368 e. The fraction of sp³-hybridized carbons (Fsp3) is 0.353. The lowest BCUT2D eigenvalue weighted by Gasteiger charge is -2.07. The number of aromatic nitrogens is 4. The normalized spacial score (nSPS) is 16.9. The van der Waals surface area contributed by atoms with Crippen molar-refractivity contribution in [2.45, 2.75) is 25.5 Å². The molecule has 4 rings (SSSR count). The van der Waals surface area contributed by atoms with E-state index in [9.17, 15) is 9.59 Å². The Hall–Kier alpha value is -3.07. The number of nitrogens with one attached hydrogen (secondary N) is 1. The summed E-state index contributed by atoms with van der Waals surface area (Å²) in [5.41, 5.74) is 0.594. The van der Waals surface area contributed by atoms with Gasteiger partial charge in [0.1, 0.15) is 6.10 Å². The van der Waals surface area contributed by atoms with Crippen molar-refractivity contribution in [3.05, 3.63) is 52.0 Å². The molecule has 1 saturated heterocycles. The molecule has 2 aromatic heterocycles. The molecule has 3 heterocycles. The van der Waals surface area contributed by atoms with Gasteiger partial charge in [0.15, 0.2) is 11.5 Å². The average Bonchev–Trinajstić information content (AvgIpc) is 3.34. The molecule has 0 unspecified atom stereocenters. The Morgan fingerprint density at radius 1 is 1.35 bits per heavy atom. The Bertz CT molecular complexity index is 1020. The van der Waals surface area contributed by atoms with Gasteiger partial charge in [-0.2, -0.15) is 4.98 Å². The number of nitrogens with zero attached hydrogens (tertiary/aromatic N) is 4. The predicted molar refractivity (Wildman–Crippen MR) is 90.4 cm³/mol. The van der Waals surface area contributed by atoms with Crippen molar-refractivity contribution in [3.8, 4) is 0 Å². The summed E-state index contributed by atoms with van der Waals surface area (Å²) in [5.74, 6) is 0.146. The molecule has 0 bridgehead atoms. The van der Waals surface area contributed by atoms with Crippen molar-refractivity contribution in [1.82, 2.24) is 25.0 Å². The van der Waals surface area contributed by atoms with Gasteiger partial charge in [-0.3, -0.25) is 9.59 Å². The van der Waals surface area contributed by atoms with Crippen molar-refractivity contribution in [2.24, 2.45) is 7.05 Å². The van der Waals surface area contributed by atoms with Crippen LogP contribution < -0.4 is 10.9 Å². The zero-order valence-electron chi connectivity index (χ0n) is 14.1. The third kappa shape index (κ3) is 2.97. The first kappa shape index (κ1) is 16.4. The maximum absolute atomic E-state index is 12.4. The topological polar surface area (TPSA) is 112 Å². The van der Waals surface area contributed by atoms with Crippen LogP contribution in [0.3, 0.4) is 0 Å². The number of hydrogen-bond donors (Lipinski definition) is 1. The van der Waals surface area contributed by atoms with Gasteiger partial charge in [0, 0.05) is 13.7 Å². The molecule has 9 nitrogen and oxygen atoms in total. The Labute approximate surface area is 148 Å². The SMILES string of the molecule is Cn1c(=O)c(C(=O)NCc2noc([C@@H]3CCCO3)n2)nc2ccccc21. The fourth-order valence-corrected chi connectivity index (χ4v) is 2.91. The first-order chi connectivity index (χ1) is 12.6. The minimum absolute atomic E-state index is 0.0344. The van der Waals surface area contributed by atoms with Crippen LogP contribution in [0.2, 0.25) is 0 Å². The van der Waals surface area contributed by atoms with Gasteiger partial charge in [-0.15, -0.1) is 0 Å². The van der Waals surface area contributed by atoms with Gasteiger partial charge >= 0.3 is 0 Å². The summed E-state index contributed by atoms with van der Waals surface area (Å²) in [5, 5.41) is 6.44.